The van der Waals surface area contributed by atoms with Crippen LogP contribution in [-0.4, -0.2) is 37.1 Å². The molecule has 0 unspecified atom stereocenters. The van der Waals surface area contributed by atoms with Crippen LogP contribution in [0.25, 0.3) is 0 Å². The van der Waals surface area contributed by atoms with E-state index in [1.165, 1.54) is 0 Å². The zero-order chi connectivity index (χ0) is 23.5. The van der Waals surface area contributed by atoms with Gasteiger partial charge in [-0.25, -0.2) is 0 Å². The minimum atomic E-state index is -0.406. The van der Waals surface area contributed by atoms with E-state index in [2.05, 4.69) is 11.6 Å². The summed E-state index contributed by atoms with van der Waals surface area (Å²) in [5, 5.41) is 0. The average Bonchev–Trinajstić information content (AvgIpc) is 3.50. The SMILES string of the molecule is C=C(N=C/C(=C\C)OCc1cccc(B2OC(C)(C)C(C)(C)O2)c1)[C@@H]1C[C@H]1C(=O)OCC. The monoisotopic (exact) mass is 439 g/mol. The van der Waals surface area contributed by atoms with Gasteiger partial charge in [0.15, 0.2) is 0 Å². The molecule has 0 amide bonds. The minimum Gasteiger partial charge on any atom is -0.488 e. The van der Waals surface area contributed by atoms with Crippen LogP contribution < -0.4 is 5.46 Å². The summed E-state index contributed by atoms with van der Waals surface area (Å²) in [4.78, 5) is 16.2. The Morgan fingerprint density at radius 1 is 1.22 bits per heavy atom. The number of hydrogen-bond acceptors (Lipinski definition) is 6. The molecule has 1 heterocycles. The highest BCUT2D eigenvalue weighted by atomic mass is 16.7. The van der Waals surface area contributed by atoms with Gasteiger partial charge < -0.3 is 18.8 Å². The lowest BCUT2D eigenvalue weighted by atomic mass is 9.78. The van der Waals surface area contributed by atoms with Crippen LogP contribution in [0.3, 0.4) is 0 Å². The van der Waals surface area contributed by atoms with Crippen molar-refractivity contribution in [1.82, 2.24) is 0 Å². The van der Waals surface area contributed by atoms with Gasteiger partial charge in [0.2, 0.25) is 0 Å². The van der Waals surface area contributed by atoms with E-state index in [9.17, 15) is 4.79 Å². The zero-order valence-electron chi connectivity index (χ0n) is 20.0. The van der Waals surface area contributed by atoms with Crippen LogP contribution in [0.4, 0.5) is 0 Å². The Hall–Kier alpha value is -2.38. The van der Waals surface area contributed by atoms with Gasteiger partial charge in [-0.1, -0.05) is 30.8 Å². The van der Waals surface area contributed by atoms with Crippen molar-refractivity contribution >= 4 is 24.8 Å². The molecule has 1 aromatic carbocycles. The van der Waals surface area contributed by atoms with Gasteiger partial charge in [0.25, 0.3) is 0 Å². The van der Waals surface area contributed by atoms with E-state index < -0.39 is 7.12 Å². The second kappa shape index (κ2) is 9.63. The maximum absolute atomic E-state index is 11.8. The average molecular weight is 439 g/mol. The summed E-state index contributed by atoms with van der Waals surface area (Å²) in [7, 11) is -0.406. The molecule has 0 N–H and O–H groups in total. The van der Waals surface area contributed by atoms with Crippen molar-refractivity contribution < 1.29 is 23.6 Å². The van der Waals surface area contributed by atoms with Gasteiger partial charge in [0.05, 0.1) is 29.9 Å². The topological polar surface area (TPSA) is 66.3 Å². The maximum Gasteiger partial charge on any atom is 0.494 e. The number of benzene rings is 1. The fourth-order valence-electron chi connectivity index (χ4n) is 3.49. The van der Waals surface area contributed by atoms with E-state index >= 15 is 0 Å². The number of carbonyl (C=O) groups is 1. The van der Waals surface area contributed by atoms with Crippen LogP contribution in [0.1, 0.15) is 53.5 Å². The third kappa shape index (κ3) is 5.51. The molecule has 0 radical (unpaired) electrons. The number of hydrogen-bond donors (Lipinski definition) is 0. The molecule has 1 aliphatic carbocycles. The summed E-state index contributed by atoms with van der Waals surface area (Å²) in [6, 6.07) is 8.03. The number of carbonyl (C=O) groups excluding carboxylic acids is 1. The fraction of sp³-hybridized carbons (Fsp3) is 0.520. The Morgan fingerprint density at radius 3 is 2.53 bits per heavy atom. The first kappa shape index (κ1) is 24.3. The van der Waals surface area contributed by atoms with Crippen molar-refractivity contribution in [3.8, 4) is 0 Å². The molecule has 0 spiro atoms. The number of nitrogens with zero attached hydrogens (tertiary/aromatic N) is 1. The molecule has 1 aliphatic heterocycles. The Morgan fingerprint density at radius 2 is 1.91 bits per heavy atom. The molecule has 1 saturated carbocycles. The van der Waals surface area contributed by atoms with Gasteiger partial charge in [-0.3, -0.25) is 9.79 Å². The summed E-state index contributed by atoms with van der Waals surface area (Å²) < 4.78 is 23.3. The summed E-state index contributed by atoms with van der Waals surface area (Å²) in [6.07, 6.45) is 4.25. The zero-order valence-corrected chi connectivity index (χ0v) is 20.0. The Kier molecular flexibility index (Phi) is 7.30. The second-order valence-electron chi connectivity index (χ2n) is 9.26. The number of rotatable bonds is 9. The normalized spacial score (nSPS) is 23.9. The first-order chi connectivity index (χ1) is 15.1. The van der Waals surface area contributed by atoms with Gasteiger partial charge >= 0.3 is 13.1 Å². The molecule has 0 aromatic heterocycles. The summed E-state index contributed by atoms with van der Waals surface area (Å²) >= 11 is 0. The Labute approximate surface area is 191 Å². The summed E-state index contributed by atoms with van der Waals surface area (Å²) in [5.74, 6) is 0.408. The molecule has 32 heavy (non-hydrogen) atoms. The Bertz CT molecular complexity index is 905. The highest BCUT2D eigenvalue weighted by Crippen LogP contribution is 2.44. The molecule has 2 aliphatic rings. The first-order valence-corrected chi connectivity index (χ1v) is 11.2. The largest absolute Gasteiger partial charge is 0.494 e. The van der Waals surface area contributed by atoms with E-state index in [0.29, 0.717) is 24.7 Å². The molecule has 172 valence electrons. The van der Waals surface area contributed by atoms with Gasteiger partial charge in [0.1, 0.15) is 12.4 Å². The van der Waals surface area contributed by atoms with Crippen molar-refractivity contribution in [2.75, 3.05) is 6.61 Å². The van der Waals surface area contributed by atoms with Crippen molar-refractivity contribution in [1.29, 1.82) is 0 Å². The van der Waals surface area contributed by atoms with Crippen LogP contribution in [0.2, 0.25) is 0 Å². The van der Waals surface area contributed by atoms with Crippen molar-refractivity contribution in [2.24, 2.45) is 16.8 Å². The van der Waals surface area contributed by atoms with Gasteiger partial charge in [-0.2, -0.15) is 0 Å². The lowest BCUT2D eigenvalue weighted by Gasteiger charge is -2.32. The number of allylic oxidation sites excluding steroid dienone is 3. The lowest BCUT2D eigenvalue weighted by Crippen LogP contribution is -2.41. The summed E-state index contributed by atoms with van der Waals surface area (Å²) in [5.41, 5.74) is 1.89. The highest BCUT2D eigenvalue weighted by Gasteiger charge is 2.51. The molecule has 1 saturated heterocycles. The number of ether oxygens (including phenoxy) is 2. The van der Waals surface area contributed by atoms with E-state index in [4.69, 9.17) is 18.8 Å². The molecule has 0 bridgehead atoms. The van der Waals surface area contributed by atoms with Crippen LogP contribution in [0, 0.1) is 11.8 Å². The van der Waals surface area contributed by atoms with Gasteiger partial charge in [-0.05, 0) is 65.1 Å². The third-order valence-electron chi connectivity index (χ3n) is 6.33. The molecular weight excluding hydrogens is 405 g/mol. The third-order valence-corrected chi connectivity index (χ3v) is 6.33. The fourth-order valence-corrected chi connectivity index (χ4v) is 3.49. The molecule has 6 nitrogen and oxygen atoms in total. The predicted octanol–water partition coefficient (Wildman–Crippen LogP) is 4.19. The van der Waals surface area contributed by atoms with Crippen LogP contribution in [0.15, 0.2) is 53.4 Å². The van der Waals surface area contributed by atoms with E-state index in [1.54, 1.807) is 6.21 Å². The molecule has 1 aromatic rings. The summed E-state index contributed by atoms with van der Waals surface area (Å²) in [6.45, 7) is 16.7. The van der Waals surface area contributed by atoms with Crippen molar-refractivity contribution in [3.05, 3.63) is 53.9 Å². The van der Waals surface area contributed by atoms with Gasteiger partial charge in [0, 0.05) is 11.6 Å². The standard InChI is InChI=1S/C25H34BNO5/c1-8-20(15-27-17(3)21-14-22(21)23(28)29-9-2)30-16-18-11-10-12-19(13-18)26-31-24(4,5)25(6,7)32-26/h8,10-13,15,21-22H,3,9,14,16H2,1-2,4-7H3/b20-8+,27-15?/t21-,22+/m0/s1. The lowest BCUT2D eigenvalue weighted by molar-refractivity contribution is -0.144. The molecule has 3 rings (SSSR count). The highest BCUT2D eigenvalue weighted by molar-refractivity contribution is 6.62. The van der Waals surface area contributed by atoms with E-state index in [1.807, 2.05) is 71.9 Å². The van der Waals surface area contributed by atoms with E-state index in [-0.39, 0.29) is 29.0 Å². The first-order valence-electron chi connectivity index (χ1n) is 11.2. The second-order valence-corrected chi connectivity index (χ2v) is 9.26. The Balaban J connectivity index is 1.55. The molecule has 7 heteroatoms. The minimum absolute atomic E-state index is 0.0556. The quantitative estimate of drug-likeness (QED) is 0.250. The van der Waals surface area contributed by atoms with Crippen LogP contribution in [0.5, 0.6) is 0 Å². The molecule has 2 atom stereocenters. The smallest absolute Gasteiger partial charge is 0.488 e. The molecular formula is C25H34BNO5. The van der Waals surface area contributed by atoms with Crippen LogP contribution in [-0.2, 0) is 30.2 Å². The number of aliphatic imine (C=N–C) groups is 1. The van der Waals surface area contributed by atoms with E-state index in [0.717, 1.165) is 17.4 Å². The van der Waals surface area contributed by atoms with Crippen molar-refractivity contribution in [3.63, 3.8) is 0 Å². The van der Waals surface area contributed by atoms with Crippen LogP contribution >= 0.6 is 0 Å². The number of esters is 1. The maximum atomic E-state index is 11.8. The van der Waals surface area contributed by atoms with Crippen molar-refractivity contribution in [2.45, 2.75) is 65.8 Å². The predicted molar refractivity (Wildman–Crippen MR) is 127 cm³/mol. The van der Waals surface area contributed by atoms with Gasteiger partial charge in [-0.15, -0.1) is 0 Å². The molecule has 2 fully saturated rings.